The third-order valence-corrected chi connectivity index (χ3v) is 6.55. The predicted octanol–water partition coefficient (Wildman–Crippen LogP) is 4.11. The lowest BCUT2D eigenvalue weighted by atomic mass is 9.85. The van der Waals surface area contributed by atoms with E-state index in [1.54, 1.807) is 6.21 Å². The van der Waals surface area contributed by atoms with Gasteiger partial charge in [-0.25, -0.2) is 0 Å². The molecule has 0 N–H and O–H groups in total. The number of ether oxygens (including phenoxy) is 2. The number of allylic oxidation sites excluding steroid dienone is 2. The normalized spacial score (nSPS) is 25.8. The van der Waals surface area contributed by atoms with E-state index < -0.39 is 0 Å². The molecule has 5 rings (SSSR count). The van der Waals surface area contributed by atoms with Crippen molar-refractivity contribution in [1.82, 2.24) is 5.01 Å². The lowest BCUT2D eigenvalue weighted by Gasteiger charge is -2.13. The molecule has 2 fully saturated rings. The third kappa shape index (κ3) is 3.60. The molecule has 3 aliphatic rings. The Morgan fingerprint density at radius 1 is 0.969 bits per heavy atom. The van der Waals surface area contributed by atoms with Crippen molar-refractivity contribution < 1.29 is 19.1 Å². The van der Waals surface area contributed by atoms with Crippen molar-refractivity contribution in [3.05, 3.63) is 71.3 Å². The number of carbonyl (C=O) groups is 2. The van der Waals surface area contributed by atoms with Crippen molar-refractivity contribution in [2.24, 2.45) is 28.8 Å². The number of benzene rings is 2. The fourth-order valence-corrected chi connectivity index (χ4v) is 4.96. The third-order valence-electron chi connectivity index (χ3n) is 6.55. The summed E-state index contributed by atoms with van der Waals surface area (Å²) in [5, 5.41) is 5.31. The number of fused-ring (bicyclic) bond motifs is 5. The zero-order valence-electron chi connectivity index (χ0n) is 18.2. The summed E-state index contributed by atoms with van der Waals surface area (Å²) in [6.07, 6.45) is 6.60. The molecule has 6 nitrogen and oxygen atoms in total. The van der Waals surface area contributed by atoms with Crippen molar-refractivity contribution in [3.8, 4) is 11.5 Å². The topological polar surface area (TPSA) is 68.2 Å². The molecule has 1 saturated heterocycles. The molecule has 164 valence electrons. The average Bonchev–Trinajstić information content (AvgIpc) is 3.47. The zero-order valence-corrected chi connectivity index (χ0v) is 18.2. The monoisotopic (exact) mass is 430 g/mol. The Bertz CT molecular complexity index is 1080. The van der Waals surface area contributed by atoms with Gasteiger partial charge in [0.25, 0.3) is 11.8 Å². The van der Waals surface area contributed by atoms with E-state index in [0.717, 1.165) is 22.6 Å². The molecule has 1 aliphatic heterocycles. The smallest absolute Gasteiger partial charge is 0.254 e. The van der Waals surface area contributed by atoms with Crippen molar-refractivity contribution in [2.45, 2.75) is 26.9 Å². The minimum absolute atomic E-state index is 0.177. The highest BCUT2D eigenvalue weighted by atomic mass is 16.5. The first kappa shape index (κ1) is 20.5. The van der Waals surface area contributed by atoms with Crippen molar-refractivity contribution in [2.75, 3.05) is 6.61 Å². The van der Waals surface area contributed by atoms with E-state index in [2.05, 4.69) is 36.3 Å². The minimum Gasteiger partial charge on any atom is -0.490 e. The zero-order chi connectivity index (χ0) is 22.2. The van der Waals surface area contributed by atoms with Crippen LogP contribution in [-0.2, 0) is 16.2 Å². The first-order chi connectivity index (χ1) is 15.5. The van der Waals surface area contributed by atoms with E-state index in [9.17, 15) is 9.59 Å². The number of hydrogen-bond acceptors (Lipinski definition) is 5. The van der Waals surface area contributed by atoms with Crippen LogP contribution < -0.4 is 9.47 Å². The highest BCUT2D eigenvalue weighted by Crippen LogP contribution is 2.52. The van der Waals surface area contributed by atoms with E-state index in [1.165, 1.54) is 5.56 Å². The SMILES string of the molecule is CCOc1cc(C=NN2C(=O)C3C4C=CC(C4)C3C2=O)ccc1OCc1ccc(C)cc1. The Hall–Kier alpha value is -3.41. The van der Waals surface area contributed by atoms with E-state index in [0.29, 0.717) is 24.7 Å². The number of rotatable bonds is 7. The number of hydrogen-bond donors (Lipinski definition) is 0. The molecule has 1 heterocycles. The molecular formula is C26H26N2O4. The summed E-state index contributed by atoms with van der Waals surface area (Å²) in [4.78, 5) is 25.6. The minimum atomic E-state index is -0.244. The van der Waals surface area contributed by atoms with Crippen molar-refractivity contribution in [3.63, 3.8) is 0 Å². The Labute approximate surface area is 187 Å². The summed E-state index contributed by atoms with van der Waals surface area (Å²) in [6, 6.07) is 13.7. The Morgan fingerprint density at radius 2 is 1.66 bits per heavy atom. The number of nitrogens with zero attached hydrogens (tertiary/aromatic N) is 2. The number of aryl methyl sites for hydroxylation is 1. The Balaban J connectivity index is 1.30. The van der Waals surface area contributed by atoms with Gasteiger partial charge in [-0.2, -0.15) is 10.1 Å². The van der Waals surface area contributed by atoms with Crippen LogP contribution in [0.4, 0.5) is 0 Å². The van der Waals surface area contributed by atoms with Crippen LogP contribution in [-0.4, -0.2) is 29.6 Å². The number of imide groups is 1. The molecule has 0 radical (unpaired) electrons. The average molecular weight is 431 g/mol. The van der Waals surface area contributed by atoms with Gasteiger partial charge in [-0.15, -0.1) is 0 Å². The maximum atomic E-state index is 12.8. The molecule has 2 amide bonds. The molecule has 2 aromatic rings. The summed E-state index contributed by atoms with van der Waals surface area (Å²) < 4.78 is 11.7. The Kier molecular flexibility index (Phi) is 5.29. The predicted molar refractivity (Wildman–Crippen MR) is 120 cm³/mol. The van der Waals surface area contributed by atoms with Gasteiger partial charge in [-0.3, -0.25) is 9.59 Å². The second kappa shape index (κ2) is 8.26. The number of carbonyl (C=O) groups excluding carboxylic acids is 2. The summed E-state index contributed by atoms with van der Waals surface area (Å²) in [5.74, 6) is 0.730. The lowest BCUT2D eigenvalue weighted by molar-refractivity contribution is -0.140. The molecule has 6 heteroatoms. The molecular weight excluding hydrogens is 404 g/mol. The maximum Gasteiger partial charge on any atom is 0.254 e. The number of amides is 2. The standard InChI is InChI=1S/C26H26N2O4/c1-3-31-22-12-18(8-11-21(22)32-15-17-6-4-16(2)5-7-17)14-27-28-25(29)23-19-9-10-20(13-19)24(23)26(28)30/h4-12,14,19-20,23-24H,3,13,15H2,1-2H3. The maximum absolute atomic E-state index is 12.8. The van der Waals surface area contributed by atoms with Crippen LogP contribution in [0.2, 0.25) is 0 Å². The molecule has 0 aromatic heterocycles. The highest BCUT2D eigenvalue weighted by Gasteiger charge is 2.59. The van der Waals surface area contributed by atoms with Gasteiger partial charge in [0.2, 0.25) is 0 Å². The molecule has 1 saturated carbocycles. The molecule has 2 aromatic carbocycles. The molecule has 2 bridgehead atoms. The molecule has 0 spiro atoms. The Morgan fingerprint density at radius 3 is 2.31 bits per heavy atom. The fourth-order valence-electron chi connectivity index (χ4n) is 4.96. The van der Waals surface area contributed by atoms with Crippen LogP contribution in [0, 0.1) is 30.6 Å². The van der Waals surface area contributed by atoms with Gasteiger partial charge in [0.15, 0.2) is 11.5 Å². The summed E-state index contributed by atoms with van der Waals surface area (Å²) in [7, 11) is 0. The van der Waals surface area contributed by atoms with E-state index in [1.807, 2.05) is 37.3 Å². The van der Waals surface area contributed by atoms with Gasteiger partial charge in [0, 0.05) is 0 Å². The second-order valence-electron chi connectivity index (χ2n) is 8.65. The van der Waals surface area contributed by atoms with Gasteiger partial charge in [0.1, 0.15) is 6.61 Å². The van der Waals surface area contributed by atoms with Gasteiger partial charge in [-0.1, -0.05) is 42.0 Å². The molecule has 2 aliphatic carbocycles. The summed E-state index contributed by atoms with van der Waals surface area (Å²) >= 11 is 0. The number of hydrazone groups is 1. The molecule has 4 atom stereocenters. The molecule has 4 unspecified atom stereocenters. The van der Waals surface area contributed by atoms with Crippen LogP contribution in [0.25, 0.3) is 0 Å². The van der Waals surface area contributed by atoms with Crippen LogP contribution in [0.15, 0.2) is 59.7 Å². The summed E-state index contributed by atoms with van der Waals surface area (Å²) in [6.45, 7) is 4.88. The van der Waals surface area contributed by atoms with Gasteiger partial charge in [-0.05, 0) is 61.4 Å². The van der Waals surface area contributed by atoms with Gasteiger partial charge >= 0.3 is 0 Å². The van der Waals surface area contributed by atoms with Gasteiger partial charge in [0.05, 0.1) is 24.7 Å². The fraction of sp³-hybridized carbons (Fsp3) is 0.346. The second-order valence-corrected chi connectivity index (χ2v) is 8.65. The quantitative estimate of drug-likeness (QED) is 0.377. The van der Waals surface area contributed by atoms with Crippen LogP contribution in [0.3, 0.4) is 0 Å². The van der Waals surface area contributed by atoms with E-state index >= 15 is 0 Å². The summed E-state index contributed by atoms with van der Waals surface area (Å²) in [5.41, 5.74) is 3.01. The first-order valence-electron chi connectivity index (χ1n) is 11.1. The van der Waals surface area contributed by atoms with E-state index in [4.69, 9.17) is 9.47 Å². The lowest BCUT2D eigenvalue weighted by Crippen LogP contribution is -2.28. The molecule has 32 heavy (non-hydrogen) atoms. The highest BCUT2D eigenvalue weighted by molar-refractivity contribution is 6.06. The largest absolute Gasteiger partial charge is 0.490 e. The van der Waals surface area contributed by atoms with E-state index in [-0.39, 0.29) is 35.5 Å². The van der Waals surface area contributed by atoms with Crippen molar-refractivity contribution >= 4 is 18.0 Å². The van der Waals surface area contributed by atoms with Crippen molar-refractivity contribution in [1.29, 1.82) is 0 Å². The first-order valence-corrected chi connectivity index (χ1v) is 11.1. The van der Waals surface area contributed by atoms with Crippen LogP contribution in [0.5, 0.6) is 11.5 Å². The van der Waals surface area contributed by atoms with Crippen LogP contribution in [0.1, 0.15) is 30.0 Å². The van der Waals surface area contributed by atoms with Gasteiger partial charge < -0.3 is 9.47 Å². The van der Waals surface area contributed by atoms with Crippen LogP contribution >= 0.6 is 0 Å².